The van der Waals surface area contributed by atoms with Gasteiger partial charge in [0.15, 0.2) is 0 Å². The van der Waals surface area contributed by atoms with E-state index in [0.717, 1.165) is 19.5 Å². The molecule has 0 radical (unpaired) electrons. The van der Waals surface area contributed by atoms with Gasteiger partial charge in [-0.05, 0) is 19.8 Å². The Kier molecular flexibility index (Phi) is 9.31. The summed E-state index contributed by atoms with van der Waals surface area (Å²) in [6, 6.07) is -0.329. The summed E-state index contributed by atoms with van der Waals surface area (Å²) in [5.74, 6) is 0.354. The average Bonchev–Trinajstić information content (AvgIpc) is 2.17. The second kappa shape index (κ2) is 8.06. The number of likely N-dealkylation sites (N-methyl/N-ethyl adjacent to an activating group) is 1. The molecule has 0 aromatic rings. The Labute approximate surface area is 93.4 Å². The van der Waals surface area contributed by atoms with E-state index >= 15 is 0 Å². The molecule has 1 amide bonds. The molecule has 0 spiro atoms. The summed E-state index contributed by atoms with van der Waals surface area (Å²) < 4.78 is 0. The summed E-state index contributed by atoms with van der Waals surface area (Å²) in [6.45, 7) is 9.53. The molecular formula is C10H23ClN2O. The number of halogens is 1. The Morgan fingerprint density at radius 2 is 1.71 bits per heavy atom. The summed E-state index contributed by atoms with van der Waals surface area (Å²) in [5.41, 5.74) is 5.83. The maximum Gasteiger partial charge on any atom is 0.239 e. The van der Waals surface area contributed by atoms with Crippen LogP contribution in [0.15, 0.2) is 0 Å². The topological polar surface area (TPSA) is 46.3 Å². The molecular weight excluding hydrogens is 200 g/mol. The second-order valence-electron chi connectivity index (χ2n) is 3.42. The lowest BCUT2D eigenvalue weighted by atomic mass is 9.99. The Morgan fingerprint density at radius 1 is 1.29 bits per heavy atom. The van der Waals surface area contributed by atoms with Crippen LogP contribution < -0.4 is 5.73 Å². The Hall–Kier alpha value is -0.280. The van der Waals surface area contributed by atoms with Crippen LogP contribution in [-0.2, 0) is 4.79 Å². The first-order chi connectivity index (χ1) is 6.08. The summed E-state index contributed by atoms with van der Waals surface area (Å²) in [5, 5.41) is 0. The van der Waals surface area contributed by atoms with Crippen molar-refractivity contribution >= 4 is 18.3 Å². The first kappa shape index (κ1) is 16.2. The third-order valence-electron chi connectivity index (χ3n) is 2.62. The lowest BCUT2D eigenvalue weighted by Crippen LogP contribution is -2.46. The van der Waals surface area contributed by atoms with Crippen LogP contribution in [0, 0.1) is 5.92 Å². The van der Waals surface area contributed by atoms with Gasteiger partial charge in [-0.15, -0.1) is 12.4 Å². The van der Waals surface area contributed by atoms with Crippen molar-refractivity contribution in [2.45, 2.75) is 40.2 Å². The van der Waals surface area contributed by atoms with Crippen molar-refractivity contribution in [2.24, 2.45) is 11.7 Å². The molecule has 0 unspecified atom stereocenters. The average molecular weight is 223 g/mol. The summed E-state index contributed by atoms with van der Waals surface area (Å²) >= 11 is 0. The number of nitrogens with two attached hydrogens (primary N) is 1. The highest BCUT2D eigenvalue weighted by Gasteiger charge is 2.22. The highest BCUT2D eigenvalue weighted by atomic mass is 35.5. The number of rotatable bonds is 5. The first-order valence-electron chi connectivity index (χ1n) is 5.12. The molecule has 0 saturated heterocycles. The Balaban J connectivity index is 0. The van der Waals surface area contributed by atoms with Crippen LogP contribution in [-0.4, -0.2) is 29.9 Å². The van der Waals surface area contributed by atoms with Crippen LogP contribution in [0.2, 0.25) is 0 Å². The third-order valence-corrected chi connectivity index (χ3v) is 2.62. The zero-order valence-corrected chi connectivity index (χ0v) is 10.4. The smallest absolute Gasteiger partial charge is 0.239 e. The van der Waals surface area contributed by atoms with Crippen molar-refractivity contribution in [1.82, 2.24) is 4.90 Å². The predicted molar refractivity (Wildman–Crippen MR) is 62.6 cm³/mol. The number of hydrogen-bond donors (Lipinski definition) is 1. The summed E-state index contributed by atoms with van der Waals surface area (Å²) in [7, 11) is 0. The molecule has 0 bridgehead atoms. The van der Waals surface area contributed by atoms with E-state index in [1.807, 2.05) is 20.8 Å². The van der Waals surface area contributed by atoms with Crippen molar-refractivity contribution in [3.8, 4) is 0 Å². The van der Waals surface area contributed by atoms with Gasteiger partial charge < -0.3 is 10.6 Å². The molecule has 0 fully saturated rings. The molecule has 0 aromatic heterocycles. The predicted octanol–water partition coefficient (Wildman–Crippen LogP) is 1.65. The molecule has 2 N–H and O–H groups in total. The van der Waals surface area contributed by atoms with Crippen LogP contribution in [0.3, 0.4) is 0 Å². The molecule has 0 aliphatic rings. The molecule has 14 heavy (non-hydrogen) atoms. The van der Waals surface area contributed by atoms with Crippen molar-refractivity contribution in [3.63, 3.8) is 0 Å². The van der Waals surface area contributed by atoms with Gasteiger partial charge in [0.25, 0.3) is 0 Å². The number of hydrogen-bond acceptors (Lipinski definition) is 2. The fourth-order valence-electron chi connectivity index (χ4n) is 1.24. The Bertz CT molecular complexity index is 160. The minimum atomic E-state index is -0.329. The fraction of sp³-hybridized carbons (Fsp3) is 0.900. The van der Waals surface area contributed by atoms with Gasteiger partial charge in [-0.3, -0.25) is 4.79 Å². The maximum atomic E-state index is 11.7. The van der Waals surface area contributed by atoms with Gasteiger partial charge in [0, 0.05) is 13.1 Å². The molecule has 0 rings (SSSR count). The molecule has 4 heteroatoms. The van der Waals surface area contributed by atoms with Gasteiger partial charge in [-0.2, -0.15) is 0 Å². The van der Waals surface area contributed by atoms with Gasteiger partial charge in [-0.1, -0.05) is 20.3 Å². The fourth-order valence-corrected chi connectivity index (χ4v) is 1.24. The van der Waals surface area contributed by atoms with Gasteiger partial charge in [0.2, 0.25) is 5.91 Å². The van der Waals surface area contributed by atoms with E-state index in [-0.39, 0.29) is 30.3 Å². The number of amides is 1. The van der Waals surface area contributed by atoms with Gasteiger partial charge in [0.1, 0.15) is 0 Å². The summed E-state index contributed by atoms with van der Waals surface area (Å²) in [4.78, 5) is 13.5. The lowest BCUT2D eigenvalue weighted by molar-refractivity contribution is -0.133. The highest BCUT2D eigenvalue weighted by molar-refractivity contribution is 5.85. The molecule has 0 heterocycles. The molecule has 0 aliphatic heterocycles. The number of carbonyl (C=O) groups excluding carboxylic acids is 1. The first-order valence-corrected chi connectivity index (χ1v) is 5.12. The summed E-state index contributed by atoms with van der Waals surface area (Å²) in [6.07, 6.45) is 0.953. The SMILES string of the molecule is CC[C@H](C)[C@H](N)C(=O)N(CC)CC.Cl. The Morgan fingerprint density at radius 3 is 2.00 bits per heavy atom. The lowest BCUT2D eigenvalue weighted by Gasteiger charge is -2.25. The molecule has 0 aliphatic carbocycles. The largest absolute Gasteiger partial charge is 0.342 e. The number of nitrogens with zero attached hydrogens (tertiary/aromatic N) is 1. The standard InChI is InChI=1S/C10H22N2O.ClH/c1-5-8(4)9(11)10(13)12(6-2)7-3;/h8-9H,5-7,11H2,1-4H3;1H/t8-,9-;/m0./s1. The van der Waals surface area contributed by atoms with Crippen molar-refractivity contribution in [1.29, 1.82) is 0 Å². The van der Waals surface area contributed by atoms with Crippen molar-refractivity contribution < 1.29 is 4.79 Å². The highest BCUT2D eigenvalue weighted by Crippen LogP contribution is 2.08. The normalized spacial score (nSPS) is 14.1. The van der Waals surface area contributed by atoms with Crippen LogP contribution in [0.5, 0.6) is 0 Å². The van der Waals surface area contributed by atoms with E-state index in [2.05, 4.69) is 6.92 Å². The van der Waals surface area contributed by atoms with Gasteiger partial charge in [-0.25, -0.2) is 0 Å². The van der Waals surface area contributed by atoms with Crippen molar-refractivity contribution in [2.75, 3.05) is 13.1 Å². The van der Waals surface area contributed by atoms with Crippen LogP contribution in [0.25, 0.3) is 0 Å². The molecule has 3 nitrogen and oxygen atoms in total. The second-order valence-corrected chi connectivity index (χ2v) is 3.42. The van der Waals surface area contributed by atoms with Crippen molar-refractivity contribution in [3.05, 3.63) is 0 Å². The molecule has 86 valence electrons. The van der Waals surface area contributed by atoms with Crippen LogP contribution in [0.4, 0.5) is 0 Å². The molecule has 0 saturated carbocycles. The van der Waals surface area contributed by atoms with Crippen LogP contribution >= 0.6 is 12.4 Å². The zero-order valence-electron chi connectivity index (χ0n) is 9.62. The zero-order chi connectivity index (χ0) is 10.4. The number of carbonyl (C=O) groups is 1. The maximum absolute atomic E-state index is 11.7. The van der Waals surface area contributed by atoms with E-state index in [9.17, 15) is 4.79 Å². The van der Waals surface area contributed by atoms with E-state index in [0.29, 0.717) is 0 Å². The minimum absolute atomic E-state index is 0. The van der Waals surface area contributed by atoms with Crippen LogP contribution in [0.1, 0.15) is 34.1 Å². The minimum Gasteiger partial charge on any atom is -0.342 e. The van der Waals surface area contributed by atoms with E-state index in [1.54, 1.807) is 4.90 Å². The quantitative estimate of drug-likeness (QED) is 0.769. The van der Waals surface area contributed by atoms with Gasteiger partial charge >= 0.3 is 0 Å². The van der Waals surface area contributed by atoms with E-state index in [1.165, 1.54) is 0 Å². The van der Waals surface area contributed by atoms with E-state index < -0.39 is 0 Å². The van der Waals surface area contributed by atoms with E-state index in [4.69, 9.17) is 5.73 Å². The van der Waals surface area contributed by atoms with Gasteiger partial charge in [0.05, 0.1) is 6.04 Å². The third kappa shape index (κ3) is 4.29. The molecule has 2 atom stereocenters. The molecule has 0 aromatic carbocycles. The monoisotopic (exact) mass is 222 g/mol.